The van der Waals surface area contributed by atoms with E-state index in [9.17, 15) is 0 Å². The molecule has 0 radical (unpaired) electrons. The molecule has 0 bridgehead atoms. The predicted molar refractivity (Wildman–Crippen MR) is 289 cm³/mol. The summed E-state index contributed by atoms with van der Waals surface area (Å²) in [6, 6.07) is 7.88. The second-order valence-electron chi connectivity index (χ2n) is 16.8. The monoisotopic (exact) mass is 1220 g/mol. The van der Waals surface area contributed by atoms with E-state index in [0.29, 0.717) is 0 Å². The van der Waals surface area contributed by atoms with Crippen LogP contribution >= 0.6 is 0 Å². The van der Waals surface area contributed by atoms with Gasteiger partial charge in [0.25, 0.3) is 93.6 Å². The Balaban J connectivity index is 1.49. The van der Waals surface area contributed by atoms with Crippen LogP contribution in [0.15, 0.2) is 0 Å². The van der Waals surface area contributed by atoms with E-state index in [4.69, 9.17) is 78.5 Å². The molecule has 4 fully saturated rings. The molecular formula is C23H80O19Si20. The summed E-state index contributed by atoms with van der Waals surface area (Å²) < 4.78 is 123. The Bertz CT molecular complexity index is 1160. The molecule has 0 aromatic carbocycles. The van der Waals surface area contributed by atoms with Crippen molar-refractivity contribution >= 4 is 186 Å². The third-order valence-corrected chi connectivity index (χ3v) is 71.6. The zero-order valence-electron chi connectivity index (χ0n) is 39.6. The van der Waals surface area contributed by atoms with Crippen molar-refractivity contribution in [3.63, 3.8) is 0 Å². The van der Waals surface area contributed by atoms with Crippen LogP contribution in [0.1, 0.15) is 6.92 Å². The minimum atomic E-state index is -3.59. The van der Waals surface area contributed by atoms with Crippen LogP contribution in [0.3, 0.4) is 0 Å². The zero-order valence-corrected chi connectivity index (χ0v) is 63.4. The van der Waals surface area contributed by atoms with Crippen LogP contribution in [-0.4, -0.2) is 192 Å². The molecule has 0 aromatic rings. The van der Waals surface area contributed by atoms with Gasteiger partial charge in [0.05, 0.1) is 0 Å². The Kier molecular flexibility index (Phi) is 28.6. The molecule has 12 atom stereocenters. The van der Waals surface area contributed by atoms with E-state index in [2.05, 4.69) is 85.5 Å². The highest BCUT2D eigenvalue weighted by Crippen LogP contribution is 2.27. The second kappa shape index (κ2) is 30.5. The smallest absolute Gasteiger partial charge is 0.441 e. The van der Waals surface area contributed by atoms with Crippen molar-refractivity contribution in [1.29, 1.82) is 0 Å². The van der Waals surface area contributed by atoms with Crippen LogP contribution in [-0.2, 0) is 78.5 Å². The first kappa shape index (κ1) is 58.2. The zero-order chi connectivity index (χ0) is 45.3. The third-order valence-electron chi connectivity index (χ3n) is 9.98. The summed E-state index contributed by atoms with van der Waals surface area (Å²) in [6.45, 7) is 27.6. The number of hydrogen-bond acceptors (Lipinski definition) is 19. The summed E-state index contributed by atoms with van der Waals surface area (Å²) in [6.07, 6.45) is 0.166. The number of hydrogen-bond donors (Lipinski definition) is 0. The number of rotatable bonds is 20. The largest absolute Gasteiger partial charge is 0.635 e. The van der Waals surface area contributed by atoms with E-state index in [-0.39, 0.29) is 6.10 Å². The molecule has 4 aliphatic rings. The van der Waals surface area contributed by atoms with Crippen molar-refractivity contribution < 1.29 is 78.5 Å². The molecule has 0 saturated carbocycles. The molecule has 0 aromatic heterocycles. The van der Waals surface area contributed by atoms with Crippen molar-refractivity contribution in [2.45, 2.75) is 146 Å². The summed E-state index contributed by atoms with van der Waals surface area (Å²) >= 11 is 0. The Morgan fingerprint density at radius 1 is 0.484 bits per heavy atom. The minimum Gasteiger partial charge on any atom is -0.441 e. The molecule has 0 aliphatic carbocycles. The summed E-state index contributed by atoms with van der Waals surface area (Å²) in [5, 5.41) is 0. The minimum absolute atomic E-state index is 0.166. The van der Waals surface area contributed by atoms with Crippen LogP contribution in [0, 0.1) is 0 Å². The molecule has 12 unspecified atom stereocenters. The lowest BCUT2D eigenvalue weighted by Gasteiger charge is -2.38. The summed E-state index contributed by atoms with van der Waals surface area (Å²) in [4.78, 5) is 0. The molecule has 62 heavy (non-hydrogen) atoms. The van der Waals surface area contributed by atoms with Gasteiger partial charge in [-0.25, -0.2) is 0 Å². The van der Waals surface area contributed by atoms with Gasteiger partial charge in [0.2, 0.25) is 0 Å². The lowest BCUT2D eigenvalue weighted by atomic mass is 10.5. The van der Waals surface area contributed by atoms with Crippen molar-refractivity contribution in [2.24, 2.45) is 0 Å². The van der Waals surface area contributed by atoms with E-state index in [0.717, 1.165) is 54.4 Å². The Morgan fingerprint density at radius 2 is 0.871 bits per heavy atom. The Labute approximate surface area is 407 Å². The molecule has 39 heteroatoms. The van der Waals surface area contributed by atoms with Crippen molar-refractivity contribution in [2.75, 3.05) is 0 Å². The van der Waals surface area contributed by atoms with Gasteiger partial charge in [-0.2, -0.15) is 0 Å². The van der Waals surface area contributed by atoms with Gasteiger partial charge in [-0.3, -0.25) is 0 Å². The average molecular weight is 1220 g/mol. The molecule has 4 rings (SSSR count). The molecule has 19 nitrogen and oxygen atoms in total. The van der Waals surface area contributed by atoms with Gasteiger partial charge in [0, 0.05) is 6.10 Å². The first-order valence-corrected chi connectivity index (χ1v) is 61.7. The molecule has 366 valence electrons. The first-order valence-electron chi connectivity index (χ1n) is 22.7. The normalized spacial score (nSPS) is 39.5. The summed E-state index contributed by atoms with van der Waals surface area (Å²) in [5.74, 6) is 0. The van der Waals surface area contributed by atoms with Gasteiger partial charge in [0.1, 0.15) is 0 Å². The fourth-order valence-corrected chi connectivity index (χ4v) is 73.6. The standard InChI is InChI=1S/C23H80O19Si20/c1-23-22-47(2)30-49(4)36-57(24-23)17-14-43-27-62(28-44-15-18-58-26-46-25-48(3)31-52(7)37-58,29-45-16-19-59-38-53(8)32-50(5)33-54(9)39-59)42-61(12,13)21-20-60-40-55(10)34-51(6)35-56(11)41-60/h23,47-60H,14-22,43-46H2,1-13H3. The molecule has 0 spiro atoms. The average Bonchev–Trinajstić information content (AvgIpc) is 3.12. The van der Waals surface area contributed by atoms with E-state index < -0.39 is 186 Å². The van der Waals surface area contributed by atoms with Gasteiger partial charge in [0.15, 0.2) is 46.6 Å². The highest BCUT2D eigenvalue weighted by atomic mass is 28.5. The topological polar surface area (TPSA) is 175 Å². The Morgan fingerprint density at radius 3 is 1.39 bits per heavy atom. The van der Waals surface area contributed by atoms with Crippen LogP contribution in [0.4, 0.5) is 0 Å². The highest BCUT2D eigenvalue weighted by molar-refractivity contribution is 6.84. The van der Waals surface area contributed by atoms with Gasteiger partial charge in [-0.05, 0) is 140 Å². The molecule has 0 amide bonds. The first-order chi connectivity index (χ1) is 29.4. The van der Waals surface area contributed by atoms with E-state index >= 15 is 0 Å². The van der Waals surface area contributed by atoms with Crippen molar-refractivity contribution in [3.05, 3.63) is 0 Å². The van der Waals surface area contributed by atoms with Crippen LogP contribution < -0.4 is 0 Å². The van der Waals surface area contributed by atoms with E-state index in [1.807, 2.05) is 0 Å². The van der Waals surface area contributed by atoms with Gasteiger partial charge >= 0.3 is 46.2 Å². The van der Waals surface area contributed by atoms with Crippen molar-refractivity contribution in [3.8, 4) is 0 Å². The Hall–Kier alpha value is 3.58. The SMILES string of the molecule is CC1C[SiH](C)O[SiH](C)O[SiH](CC[SiH2]O[Si](O[SiH2]CC[SiH]2O[SiH2]O[SiH](C)O[SiH](C)O2)(O[SiH2]CC[SiH]2O[SiH](C)O[SiH](C)O[SiH](C)O2)O[Si](C)(C)CC[SiH]2O[SiH](C)O[SiH](C)O[SiH](C)O2)O1. The fourth-order valence-electron chi connectivity index (χ4n) is 7.41. The fraction of sp³-hybridized carbons (Fsp3) is 1.00. The lowest BCUT2D eigenvalue weighted by Crippen LogP contribution is -2.58. The maximum Gasteiger partial charge on any atom is 0.635 e. The van der Waals surface area contributed by atoms with Gasteiger partial charge in [-0.1, -0.05) is 0 Å². The van der Waals surface area contributed by atoms with Gasteiger partial charge in [-0.15, -0.1) is 0 Å². The van der Waals surface area contributed by atoms with Crippen molar-refractivity contribution in [1.82, 2.24) is 0 Å². The second-order valence-corrected chi connectivity index (χ2v) is 63.7. The van der Waals surface area contributed by atoms with Crippen LogP contribution in [0.2, 0.25) is 133 Å². The van der Waals surface area contributed by atoms with E-state index in [1.165, 1.54) is 0 Å². The molecule has 4 aliphatic heterocycles. The lowest BCUT2D eigenvalue weighted by molar-refractivity contribution is 0.165. The van der Waals surface area contributed by atoms with Crippen LogP contribution in [0.5, 0.6) is 0 Å². The highest BCUT2D eigenvalue weighted by Gasteiger charge is 2.49. The molecule has 4 heterocycles. The maximum absolute atomic E-state index is 7.34. The third kappa shape index (κ3) is 24.1. The van der Waals surface area contributed by atoms with E-state index in [1.54, 1.807) is 0 Å². The van der Waals surface area contributed by atoms with Crippen LogP contribution in [0.25, 0.3) is 0 Å². The summed E-state index contributed by atoms with van der Waals surface area (Å²) in [5.41, 5.74) is 0. The van der Waals surface area contributed by atoms with Gasteiger partial charge < -0.3 is 78.5 Å². The molecule has 4 saturated heterocycles. The molecule has 0 N–H and O–H groups in total. The maximum atomic E-state index is 7.34. The summed E-state index contributed by atoms with van der Waals surface area (Å²) in [7, 11) is -35.6. The quantitative estimate of drug-likeness (QED) is 0.0879. The molecular weight excluding hydrogens is 1140 g/mol. The predicted octanol–water partition coefficient (Wildman–Crippen LogP) is -3.22.